The molecule has 0 atom stereocenters. The average molecular weight is 316 g/mol. The summed E-state index contributed by atoms with van der Waals surface area (Å²) >= 11 is 9.23. The molecule has 0 radical (unpaired) electrons. The second-order valence-electron chi connectivity index (χ2n) is 3.70. The molecule has 0 fully saturated rings. The van der Waals surface area contributed by atoms with Crippen molar-refractivity contribution in [3.63, 3.8) is 0 Å². The molecule has 1 aromatic carbocycles. The summed E-state index contributed by atoms with van der Waals surface area (Å²) in [7, 11) is 0. The van der Waals surface area contributed by atoms with Crippen molar-refractivity contribution in [2.45, 2.75) is 13.8 Å². The monoisotopic (exact) mass is 314 g/mol. The van der Waals surface area contributed by atoms with Gasteiger partial charge in [0.25, 0.3) is 0 Å². The van der Waals surface area contributed by atoms with Gasteiger partial charge in [-0.1, -0.05) is 23.7 Å². The van der Waals surface area contributed by atoms with Gasteiger partial charge in [-0.15, -0.1) is 0 Å². The first kappa shape index (κ1) is 12.5. The molecular formula is C12H9BrClFN2. The van der Waals surface area contributed by atoms with E-state index in [2.05, 4.69) is 25.9 Å². The summed E-state index contributed by atoms with van der Waals surface area (Å²) in [5.41, 5.74) is 1.93. The molecule has 0 saturated heterocycles. The van der Waals surface area contributed by atoms with Gasteiger partial charge in [-0.3, -0.25) is 0 Å². The Morgan fingerprint density at radius 1 is 1.24 bits per heavy atom. The molecule has 1 aromatic heterocycles. The van der Waals surface area contributed by atoms with Crippen LogP contribution in [0.4, 0.5) is 4.39 Å². The highest BCUT2D eigenvalue weighted by Crippen LogP contribution is 2.26. The number of nitrogens with zero attached hydrogens (tertiary/aromatic N) is 2. The highest BCUT2D eigenvalue weighted by Gasteiger charge is 2.10. The normalized spacial score (nSPS) is 10.6. The summed E-state index contributed by atoms with van der Waals surface area (Å²) in [4.78, 5) is 8.38. The molecule has 88 valence electrons. The molecule has 2 aromatic rings. The van der Waals surface area contributed by atoms with Crippen LogP contribution < -0.4 is 0 Å². The maximum atomic E-state index is 13.4. The molecule has 0 aliphatic carbocycles. The van der Waals surface area contributed by atoms with E-state index in [4.69, 9.17) is 11.6 Å². The Bertz CT molecular complexity index is 564. The lowest BCUT2D eigenvalue weighted by atomic mass is 10.1. The lowest BCUT2D eigenvalue weighted by Crippen LogP contribution is -1.95. The molecular weight excluding hydrogens is 307 g/mol. The number of aryl methyl sites for hydroxylation is 2. The minimum absolute atomic E-state index is 0.275. The fourth-order valence-electron chi connectivity index (χ4n) is 1.39. The van der Waals surface area contributed by atoms with E-state index in [1.165, 1.54) is 6.07 Å². The maximum absolute atomic E-state index is 13.4. The Morgan fingerprint density at radius 3 is 2.53 bits per heavy atom. The van der Waals surface area contributed by atoms with Crippen LogP contribution in [0.15, 0.2) is 22.7 Å². The van der Waals surface area contributed by atoms with Crippen LogP contribution in [-0.2, 0) is 0 Å². The zero-order valence-electron chi connectivity index (χ0n) is 9.26. The van der Waals surface area contributed by atoms with E-state index in [0.29, 0.717) is 26.6 Å². The molecule has 17 heavy (non-hydrogen) atoms. The molecule has 2 nitrogen and oxygen atoms in total. The van der Waals surface area contributed by atoms with Crippen LogP contribution in [0.3, 0.4) is 0 Å². The van der Waals surface area contributed by atoms with Crippen LogP contribution >= 0.6 is 27.5 Å². The Hall–Kier alpha value is -1.00. The zero-order valence-corrected chi connectivity index (χ0v) is 11.6. The van der Waals surface area contributed by atoms with Gasteiger partial charge in [0.2, 0.25) is 0 Å². The average Bonchev–Trinajstić information content (AvgIpc) is 2.29. The fraction of sp³-hybridized carbons (Fsp3) is 0.167. The topological polar surface area (TPSA) is 25.8 Å². The Balaban J connectivity index is 2.57. The van der Waals surface area contributed by atoms with E-state index in [9.17, 15) is 4.39 Å². The molecule has 0 amide bonds. The van der Waals surface area contributed by atoms with Crippen molar-refractivity contribution in [1.29, 1.82) is 0 Å². The van der Waals surface area contributed by atoms with Crippen molar-refractivity contribution in [3.05, 3.63) is 44.9 Å². The predicted octanol–water partition coefficient (Wildman–Crippen LogP) is 4.32. The molecule has 0 spiro atoms. The summed E-state index contributed by atoms with van der Waals surface area (Å²) in [6, 6.07) is 4.88. The summed E-state index contributed by atoms with van der Waals surface area (Å²) in [6.07, 6.45) is 0. The largest absolute Gasteiger partial charge is 0.232 e. The first-order valence-electron chi connectivity index (χ1n) is 4.95. The van der Waals surface area contributed by atoms with Crippen LogP contribution in [0.5, 0.6) is 0 Å². The third-order valence-electron chi connectivity index (χ3n) is 2.41. The van der Waals surface area contributed by atoms with Gasteiger partial charge in [0.15, 0.2) is 5.82 Å². The standard InChI is InChI=1S/C12H9BrClFN2/c1-6-3-4-8(5-9(6)15)12-16-7(2)10(13)11(14)17-12/h3-5H,1-2H3. The van der Waals surface area contributed by atoms with E-state index in [1.807, 2.05) is 6.92 Å². The molecule has 0 saturated carbocycles. The van der Waals surface area contributed by atoms with E-state index in [-0.39, 0.29) is 5.82 Å². The van der Waals surface area contributed by atoms with E-state index in [1.54, 1.807) is 19.1 Å². The second-order valence-corrected chi connectivity index (χ2v) is 4.85. The van der Waals surface area contributed by atoms with Gasteiger partial charge in [0.05, 0.1) is 10.2 Å². The number of hydrogen-bond acceptors (Lipinski definition) is 2. The van der Waals surface area contributed by atoms with Crippen molar-refractivity contribution in [3.8, 4) is 11.4 Å². The first-order valence-corrected chi connectivity index (χ1v) is 6.12. The van der Waals surface area contributed by atoms with Crippen LogP contribution in [0, 0.1) is 19.7 Å². The van der Waals surface area contributed by atoms with Gasteiger partial charge in [-0.05, 0) is 41.4 Å². The molecule has 0 unspecified atom stereocenters. The van der Waals surface area contributed by atoms with Crippen molar-refractivity contribution in [2.24, 2.45) is 0 Å². The molecule has 0 N–H and O–H groups in total. The Labute approximate surface area is 112 Å². The Kier molecular flexibility index (Phi) is 3.45. The number of hydrogen-bond donors (Lipinski definition) is 0. The number of rotatable bonds is 1. The van der Waals surface area contributed by atoms with Crippen molar-refractivity contribution >= 4 is 27.5 Å². The molecule has 0 aliphatic rings. The second kappa shape index (κ2) is 4.70. The van der Waals surface area contributed by atoms with E-state index >= 15 is 0 Å². The van der Waals surface area contributed by atoms with Gasteiger partial charge >= 0.3 is 0 Å². The van der Waals surface area contributed by atoms with Crippen LogP contribution in [0.25, 0.3) is 11.4 Å². The number of halogens is 3. The highest BCUT2D eigenvalue weighted by molar-refractivity contribution is 9.10. The third-order valence-corrected chi connectivity index (χ3v) is 3.86. The van der Waals surface area contributed by atoms with Crippen molar-refractivity contribution in [1.82, 2.24) is 9.97 Å². The van der Waals surface area contributed by atoms with Crippen molar-refractivity contribution in [2.75, 3.05) is 0 Å². The molecule has 0 aliphatic heterocycles. The lowest BCUT2D eigenvalue weighted by molar-refractivity contribution is 0.619. The summed E-state index contributed by atoms with van der Waals surface area (Å²) in [6.45, 7) is 3.52. The van der Waals surface area contributed by atoms with Gasteiger partial charge in [-0.25, -0.2) is 14.4 Å². The lowest BCUT2D eigenvalue weighted by Gasteiger charge is -2.05. The molecule has 2 rings (SSSR count). The predicted molar refractivity (Wildman–Crippen MR) is 69.6 cm³/mol. The highest BCUT2D eigenvalue weighted by atomic mass is 79.9. The molecule has 1 heterocycles. The summed E-state index contributed by atoms with van der Waals surface area (Å²) in [5.74, 6) is 0.150. The van der Waals surface area contributed by atoms with Crippen molar-refractivity contribution < 1.29 is 4.39 Å². The Morgan fingerprint density at radius 2 is 1.94 bits per heavy atom. The van der Waals surface area contributed by atoms with E-state index in [0.717, 1.165) is 5.69 Å². The summed E-state index contributed by atoms with van der Waals surface area (Å²) in [5, 5.41) is 0.327. The summed E-state index contributed by atoms with van der Waals surface area (Å²) < 4.78 is 14.1. The van der Waals surface area contributed by atoms with Crippen LogP contribution in [-0.4, -0.2) is 9.97 Å². The first-order chi connectivity index (χ1) is 7.99. The van der Waals surface area contributed by atoms with E-state index < -0.39 is 0 Å². The minimum atomic E-state index is -0.275. The van der Waals surface area contributed by atoms with Crippen LogP contribution in [0.2, 0.25) is 5.15 Å². The molecule has 0 bridgehead atoms. The molecule has 5 heteroatoms. The van der Waals surface area contributed by atoms with Gasteiger partial charge in [-0.2, -0.15) is 0 Å². The number of benzene rings is 1. The SMILES string of the molecule is Cc1ccc(-c2nc(C)c(Br)c(Cl)n2)cc1F. The van der Waals surface area contributed by atoms with Crippen LogP contribution in [0.1, 0.15) is 11.3 Å². The van der Waals surface area contributed by atoms with Gasteiger partial charge in [0, 0.05) is 5.56 Å². The minimum Gasteiger partial charge on any atom is -0.232 e. The van der Waals surface area contributed by atoms with Gasteiger partial charge < -0.3 is 0 Å². The maximum Gasteiger partial charge on any atom is 0.161 e. The van der Waals surface area contributed by atoms with Gasteiger partial charge in [0.1, 0.15) is 11.0 Å². The number of aromatic nitrogens is 2. The zero-order chi connectivity index (χ0) is 12.6. The third kappa shape index (κ3) is 2.48. The quantitative estimate of drug-likeness (QED) is 0.733. The fourth-order valence-corrected chi connectivity index (χ4v) is 1.78. The smallest absolute Gasteiger partial charge is 0.161 e.